The lowest BCUT2D eigenvalue weighted by atomic mass is 10.1. The third-order valence-electron chi connectivity index (χ3n) is 7.23. The van der Waals surface area contributed by atoms with Gasteiger partial charge in [-0.2, -0.15) is 10.4 Å². The highest BCUT2D eigenvalue weighted by atomic mass is 16.2. The summed E-state index contributed by atoms with van der Waals surface area (Å²) in [5, 5.41) is 14.0. The van der Waals surface area contributed by atoms with Crippen LogP contribution in [-0.4, -0.2) is 61.1 Å². The summed E-state index contributed by atoms with van der Waals surface area (Å²) in [7, 11) is 1.88. The van der Waals surface area contributed by atoms with Crippen LogP contribution in [-0.2, 0) is 18.3 Å². The van der Waals surface area contributed by atoms with E-state index in [2.05, 4.69) is 33.2 Å². The van der Waals surface area contributed by atoms with Gasteiger partial charge in [0.25, 0.3) is 0 Å². The van der Waals surface area contributed by atoms with Gasteiger partial charge in [-0.3, -0.25) is 13.9 Å². The van der Waals surface area contributed by atoms with Crippen molar-refractivity contribution in [3.8, 4) is 28.5 Å². The van der Waals surface area contributed by atoms with E-state index < -0.39 is 0 Å². The first-order valence-electron chi connectivity index (χ1n) is 13.0. The van der Waals surface area contributed by atoms with Crippen LogP contribution in [0, 0.1) is 11.3 Å². The molecule has 0 unspecified atom stereocenters. The first-order valence-corrected chi connectivity index (χ1v) is 13.0. The standard InChI is InChI=1S/C30H28N8O/c1-35-21-25(19-34-35)24-15-27(38-26(17-31)20-33-29(38)16-24)23-8-9-28(32-18-23)36-11-13-37(14-12-36)30(39)10-7-22-5-3-2-4-6-22/h2-6,8-9,15-16,18-21H,7,10-14H2,1H3. The summed E-state index contributed by atoms with van der Waals surface area (Å²) in [5.74, 6) is 1.08. The number of aromatic nitrogens is 5. The SMILES string of the molecule is Cn1cc(-c2cc(-c3ccc(N4CCN(C(=O)CCc5ccccc5)CC4)nc3)n3c(C#N)cnc3c2)cn1. The van der Waals surface area contributed by atoms with Gasteiger partial charge in [0.15, 0.2) is 0 Å². The Kier molecular flexibility index (Phi) is 6.51. The molecule has 1 saturated heterocycles. The van der Waals surface area contributed by atoms with E-state index in [0.717, 1.165) is 47.7 Å². The van der Waals surface area contributed by atoms with Crippen molar-refractivity contribution in [1.29, 1.82) is 5.26 Å². The summed E-state index contributed by atoms with van der Waals surface area (Å²) in [5.41, 5.74) is 6.03. The van der Waals surface area contributed by atoms with E-state index in [1.807, 2.05) is 77.4 Å². The number of nitriles is 1. The van der Waals surface area contributed by atoms with E-state index in [-0.39, 0.29) is 5.91 Å². The minimum atomic E-state index is 0.202. The lowest BCUT2D eigenvalue weighted by Gasteiger charge is -2.35. The van der Waals surface area contributed by atoms with Crippen molar-refractivity contribution in [1.82, 2.24) is 29.0 Å². The number of hydrogen-bond acceptors (Lipinski definition) is 6. The highest BCUT2D eigenvalue weighted by Crippen LogP contribution is 2.30. The Hall–Kier alpha value is -4.97. The normalized spacial score (nSPS) is 13.5. The monoisotopic (exact) mass is 516 g/mol. The fraction of sp³-hybridized carbons (Fsp3) is 0.233. The van der Waals surface area contributed by atoms with E-state index in [1.165, 1.54) is 5.56 Å². The number of fused-ring (bicyclic) bond motifs is 1. The first kappa shape index (κ1) is 24.4. The highest BCUT2D eigenvalue weighted by Gasteiger charge is 2.22. The largest absolute Gasteiger partial charge is 0.353 e. The number of anilines is 1. The topological polar surface area (TPSA) is 95.3 Å². The van der Waals surface area contributed by atoms with Gasteiger partial charge < -0.3 is 9.80 Å². The lowest BCUT2D eigenvalue weighted by Crippen LogP contribution is -2.49. The summed E-state index contributed by atoms with van der Waals surface area (Å²) in [6.45, 7) is 2.85. The summed E-state index contributed by atoms with van der Waals surface area (Å²) in [6, 6.07) is 20.4. The molecule has 4 aromatic heterocycles. The van der Waals surface area contributed by atoms with E-state index in [1.54, 1.807) is 10.9 Å². The van der Waals surface area contributed by atoms with Crippen molar-refractivity contribution in [3.05, 3.63) is 90.6 Å². The number of imidazole rings is 1. The smallest absolute Gasteiger partial charge is 0.223 e. The minimum Gasteiger partial charge on any atom is -0.353 e. The van der Waals surface area contributed by atoms with Gasteiger partial charge in [0.1, 0.15) is 23.2 Å². The quantitative estimate of drug-likeness (QED) is 0.339. The van der Waals surface area contributed by atoms with Crippen molar-refractivity contribution in [2.24, 2.45) is 7.05 Å². The van der Waals surface area contributed by atoms with Crippen molar-refractivity contribution in [2.75, 3.05) is 31.1 Å². The first-order chi connectivity index (χ1) is 19.1. The molecule has 1 fully saturated rings. The zero-order valence-electron chi connectivity index (χ0n) is 21.7. The van der Waals surface area contributed by atoms with Gasteiger partial charge in [0.2, 0.25) is 5.91 Å². The predicted octanol–water partition coefficient (Wildman–Crippen LogP) is 3.95. The van der Waals surface area contributed by atoms with Crippen LogP contribution in [0.3, 0.4) is 0 Å². The number of piperazine rings is 1. The Labute approximate surface area is 226 Å². The molecule has 1 aliphatic rings. The van der Waals surface area contributed by atoms with Crippen molar-refractivity contribution >= 4 is 17.4 Å². The van der Waals surface area contributed by atoms with E-state index in [9.17, 15) is 10.1 Å². The second kappa shape index (κ2) is 10.4. The van der Waals surface area contributed by atoms with Gasteiger partial charge in [0.05, 0.1) is 18.1 Å². The number of carbonyl (C=O) groups is 1. The molecule has 0 spiro atoms. The summed E-state index contributed by atoms with van der Waals surface area (Å²) in [4.78, 5) is 26.1. The number of nitrogens with zero attached hydrogens (tertiary/aromatic N) is 8. The fourth-order valence-corrected chi connectivity index (χ4v) is 5.11. The van der Waals surface area contributed by atoms with Crippen LogP contribution in [0.5, 0.6) is 0 Å². The molecule has 6 rings (SSSR count). The lowest BCUT2D eigenvalue weighted by molar-refractivity contribution is -0.131. The van der Waals surface area contributed by atoms with Crippen LogP contribution in [0.25, 0.3) is 28.0 Å². The van der Waals surface area contributed by atoms with Gasteiger partial charge in [-0.25, -0.2) is 9.97 Å². The molecule has 1 amide bonds. The Balaban J connectivity index is 1.18. The molecule has 0 atom stereocenters. The van der Waals surface area contributed by atoms with E-state index >= 15 is 0 Å². The molecule has 5 heterocycles. The predicted molar refractivity (Wildman–Crippen MR) is 149 cm³/mol. The summed E-state index contributed by atoms with van der Waals surface area (Å²) >= 11 is 0. The Morgan fingerprint density at radius 1 is 0.923 bits per heavy atom. The second-order valence-corrected chi connectivity index (χ2v) is 9.74. The van der Waals surface area contributed by atoms with Crippen molar-refractivity contribution < 1.29 is 4.79 Å². The Bertz CT molecular complexity index is 1660. The molecule has 5 aromatic rings. The second-order valence-electron chi connectivity index (χ2n) is 9.74. The minimum absolute atomic E-state index is 0.202. The van der Waals surface area contributed by atoms with Gasteiger partial charge in [0, 0.05) is 63.2 Å². The van der Waals surface area contributed by atoms with Gasteiger partial charge in [-0.05, 0) is 41.8 Å². The van der Waals surface area contributed by atoms with Gasteiger partial charge >= 0.3 is 0 Å². The number of aryl methyl sites for hydroxylation is 2. The maximum Gasteiger partial charge on any atom is 0.223 e. The third kappa shape index (κ3) is 4.97. The fourth-order valence-electron chi connectivity index (χ4n) is 5.11. The molecular formula is C30H28N8O. The molecule has 0 saturated carbocycles. The zero-order valence-corrected chi connectivity index (χ0v) is 21.7. The van der Waals surface area contributed by atoms with Gasteiger partial charge in [-0.1, -0.05) is 30.3 Å². The Morgan fingerprint density at radius 3 is 2.44 bits per heavy atom. The molecule has 1 aromatic carbocycles. The maximum absolute atomic E-state index is 12.7. The van der Waals surface area contributed by atoms with Crippen LogP contribution in [0.1, 0.15) is 17.7 Å². The number of amides is 1. The van der Waals surface area contributed by atoms with Crippen LogP contribution in [0.4, 0.5) is 5.82 Å². The molecule has 9 heteroatoms. The third-order valence-corrected chi connectivity index (χ3v) is 7.23. The molecular weight excluding hydrogens is 488 g/mol. The molecule has 0 radical (unpaired) electrons. The van der Waals surface area contributed by atoms with Crippen LogP contribution in [0.15, 0.2) is 79.4 Å². The molecule has 0 aliphatic carbocycles. The molecule has 9 nitrogen and oxygen atoms in total. The van der Waals surface area contributed by atoms with E-state index in [4.69, 9.17) is 4.98 Å². The molecule has 39 heavy (non-hydrogen) atoms. The number of pyridine rings is 2. The summed E-state index contributed by atoms with van der Waals surface area (Å²) < 4.78 is 3.62. The summed E-state index contributed by atoms with van der Waals surface area (Å²) in [6.07, 6.45) is 8.50. The number of carbonyl (C=O) groups excluding carboxylic acids is 1. The molecule has 0 N–H and O–H groups in total. The Morgan fingerprint density at radius 2 is 1.74 bits per heavy atom. The van der Waals surface area contributed by atoms with Crippen molar-refractivity contribution in [2.45, 2.75) is 12.8 Å². The molecule has 0 bridgehead atoms. The molecule has 1 aliphatic heterocycles. The number of rotatable bonds is 6. The van der Waals surface area contributed by atoms with Crippen LogP contribution >= 0.6 is 0 Å². The van der Waals surface area contributed by atoms with E-state index in [0.29, 0.717) is 30.9 Å². The zero-order chi connectivity index (χ0) is 26.8. The number of benzene rings is 1. The van der Waals surface area contributed by atoms with Crippen LogP contribution < -0.4 is 4.90 Å². The van der Waals surface area contributed by atoms with Crippen molar-refractivity contribution in [3.63, 3.8) is 0 Å². The number of hydrogen-bond donors (Lipinski definition) is 0. The average Bonchev–Trinajstić information content (AvgIpc) is 3.62. The highest BCUT2D eigenvalue weighted by molar-refractivity contribution is 5.77. The maximum atomic E-state index is 12.7. The average molecular weight is 517 g/mol. The van der Waals surface area contributed by atoms with Crippen LogP contribution in [0.2, 0.25) is 0 Å². The van der Waals surface area contributed by atoms with Gasteiger partial charge in [-0.15, -0.1) is 0 Å². The molecule has 194 valence electrons.